The number of hydrogen-bond donors (Lipinski definition) is 0. The van der Waals surface area contributed by atoms with Gasteiger partial charge in [-0.05, 0) is 54.3 Å². The Morgan fingerprint density at radius 2 is 2.04 bits per heavy atom. The van der Waals surface area contributed by atoms with E-state index < -0.39 is 0 Å². The molecule has 5 heteroatoms. The summed E-state index contributed by atoms with van der Waals surface area (Å²) in [4.78, 5) is 21.0. The smallest absolute Gasteiger partial charge is 0.254 e. The molecule has 0 aromatic carbocycles. The molecule has 0 aliphatic carbocycles. The lowest BCUT2D eigenvalue weighted by Crippen LogP contribution is -2.39. The number of hydrogen-bond acceptors (Lipinski definition) is 4. The number of carbonyl (C=O) groups excluding carboxylic acids is 1. The Balaban J connectivity index is 1.57. The molecule has 0 spiro atoms. The maximum absolute atomic E-state index is 12.6. The number of rotatable bonds is 4. The molecule has 0 bridgehead atoms. The molecule has 122 valence electrons. The standard InChI is InChI=1S/C18H23N3OS/c1-15(13-16-5-12-23-14-16)20-8-2-9-21(11-10-20)18(22)17-3-6-19-7-4-17/h3-7,12,14-15H,2,8-11,13H2,1H3/t15-/m0/s1. The van der Waals surface area contributed by atoms with Crippen LogP contribution in [0.2, 0.25) is 0 Å². The lowest BCUT2D eigenvalue weighted by Gasteiger charge is -2.27. The van der Waals surface area contributed by atoms with Gasteiger partial charge in [-0.2, -0.15) is 11.3 Å². The average molecular weight is 329 g/mol. The molecule has 0 unspecified atom stereocenters. The Morgan fingerprint density at radius 3 is 2.78 bits per heavy atom. The first-order valence-corrected chi connectivity index (χ1v) is 9.13. The highest BCUT2D eigenvalue weighted by atomic mass is 32.1. The van der Waals surface area contributed by atoms with Gasteiger partial charge < -0.3 is 4.90 Å². The SMILES string of the molecule is C[C@@H](Cc1ccsc1)N1CCCN(C(=O)c2ccncc2)CC1. The zero-order valence-electron chi connectivity index (χ0n) is 13.5. The molecule has 0 radical (unpaired) electrons. The van der Waals surface area contributed by atoms with E-state index in [0.29, 0.717) is 6.04 Å². The fraction of sp³-hybridized carbons (Fsp3) is 0.444. The van der Waals surface area contributed by atoms with Gasteiger partial charge in [0.2, 0.25) is 0 Å². The number of aromatic nitrogens is 1. The Kier molecular flexibility index (Phi) is 5.41. The predicted octanol–water partition coefficient (Wildman–Crippen LogP) is 2.92. The molecule has 1 saturated heterocycles. The summed E-state index contributed by atoms with van der Waals surface area (Å²) >= 11 is 1.76. The summed E-state index contributed by atoms with van der Waals surface area (Å²) in [6.45, 7) is 5.93. The van der Waals surface area contributed by atoms with Gasteiger partial charge in [-0.15, -0.1) is 0 Å². The van der Waals surface area contributed by atoms with Gasteiger partial charge in [0.15, 0.2) is 0 Å². The normalized spacial score (nSPS) is 17.7. The highest BCUT2D eigenvalue weighted by Crippen LogP contribution is 2.15. The first-order valence-electron chi connectivity index (χ1n) is 8.18. The van der Waals surface area contributed by atoms with Crippen LogP contribution in [-0.4, -0.2) is 52.9 Å². The van der Waals surface area contributed by atoms with Gasteiger partial charge in [-0.1, -0.05) is 0 Å². The Bertz CT molecular complexity index is 614. The highest BCUT2D eigenvalue weighted by Gasteiger charge is 2.22. The molecule has 1 atom stereocenters. The zero-order chi connectivity index (χ0) is 16.1. The fourth-order valence-electron chi connectivity index (χ4n) is 3.14. The van der Waals surface area contributed by atoms with Crippen molar-refractivity contribution in [1.82, 2.24) is 14.8 Å². The van der Waals surface area contributed by atoms with Crippen molar-refractivity contribution >= 4 is 17.2 Å². The second kappa shape index (κ2) is 7.70. The molecule has 2 aromatic heterocycles. The van der Waals surface area contributed by atoms with E-state index in [0.717, 1.165) is 44.6 Å². The Labute approximate surface area is 141 Å². The molecule has 0 saturated carbocycles. The van der Waals surface area contributed by atoms with E-state index >= 15 is 0 Å². The van der Waals surface area contributed by atoms with Crippen LogP contribution >= 0.6 is 11.3 Å². The minimum Gasteiger partial charge on any atom is -0.337 e. The summed E-state index contributed by atoms with van der Waals surface area (Å²) < 4.78 is 0. The van der Waals surface area contributed by atoms with Crippen molar-refractivity contribution < 1.29 is 4.79 Å². The van der Waals surface area contributed by atoms with E-state index in [2.05, 4.69) is 33.6 Å². The average Bonchev–Trinajstić information content (AvgIpc) is 2.96. The van der Waals surface area contributed by atoms with Crippen LogP contribution in [0.1, 0.15) is 29.3 Å². The zero-order valence-corrected chi connectivity index (χ0v) is 14.3. The summed E-state index contributed by atoms with van der Waals surface area (Å²) in [6.07, 6.45) is 5.48. The van der Waals surface area contributed by atoms with E-state index in [1.54, 1.807) is 35.9 Å². The van der Waals surface area contributed by atoms with Gasteiger partial charge in [0.25, 0.3) is 5.91 Å². The molecule has 4 nitrogen and oxygen atoms in total. The van der Waals surface area contributed by atoms with Crippen LogP contribution in [0.4, 0.5) is 0 Å². The van der Waals surface area contributed by atoms with Crippen LogP contribution in [0.25, 0.3) is 0 Å². The van der Waals surface area contributed by atoms with E-state index in [1.807, 2.05) is 4.90 Å². The summed E-state index contributed by atoms with van der Waals surface area (Å²) in [7, 11) is 0. The van der Waals surface area contributed by atoms with Crippen LogP contribution in [0, 0.1) is 0 Å². The third kappa shape index (κ3) is 4.18. The molecule has 1 aliphatic rings. The van der Waals surface area contributed by atoms with Crippen LogP contribution in [0.15, 0.2) is 41.4 Å². The molecule has 0 N–H and O–H groups in total. The topological polar surface area (TPSA) is 36.4 Å². The van der Waals surface area contributed by atoms with Crippen LogP contribution in [0.3, 0.4) is 0 Å². The summed E-state index contributed by atoms with van der Waals surface area (Å²) in [5, 5.41) is 4.37. The van der Waals surface area contributed by atoms with Crippen molar-refractivity contribution in [3.63, 3.8) is 0 Å². The van der Waals surface area contributed by atoms with Gasteiger partial charge in [-0.25, -0.2) is 0 Å². The van der Waals surface area contributed by atoms with Gasteiger partial charge >= 0.3 is 0 Å². The minimum absolute atomic E-state index is 0.125. The molecule has 23 heavy (non-hydrogen) atoms. The van der Waals surface area contributed by atoms with Gasteiger partial charge in [0.05, 0.1) is 0 Å². The first kappa shape index (κ1) is 16.1. The van der Waals surface area contributed by atoms with Gasteiger partial charge in [0, 0.05) is 50.2 Å². The highest BCUT2D eigenvalue weighted by molar-refractivity contribution is 7.07. The quantitative estimate of drug-likeness (QED) is 0.865. The van der Waals surface area contributed by atoms with E-state index in [9.17, 15) is 4.79 Å². The van der Waals surface area contributed by atoms with Crippen LogP contribution < -0.4 is 0 Å². The summed E-state index contributed by atoms with van der Waals surface area (Å²) in [6, 6.07) is 6.31. The molecular formula is C18H23N3OS. The van der Waals surface area contributed by atoms with E-state index in [1.165, 1.54) is 5.56 Å². The second-order valence-electron chi connectivity index (χ2n) is 6.10. The maximum Gasteiger partial charge on any atom is 0.254 e. The number of thiophene rings is 1. The Hall–Kier alpha value is -1.72. The predicted molar refractivity (Wildman–Crippen MR) is 93.8 cm³/mol. The van der Waals surface area contributed by atoms with Crippen molar-refractivity contribution in [2.75, 3.05) is 26.2 Å². The summed E-state index contributed by atoms with van der Waals surface area (Å²) in [5.41, 5.74) is 2.15. The van der Waals surface area contributed by atoms with Crippen molar-refractivity contribution in [2.24, 2.45) is 0 Å². The Morgan fingerprint density at radius 1 is 1.22 bits per heavy atom. The number of amides is 1. The van der Waals surface area contributed by atoms with Gasteiger partial charge in [0.1, 0.15) is 0 Å². The van der Waals surface area contributed by atoms with Gasteiger partial charge in [-0.3, -0.25) is 14.7 Å². The number of pyridine rings is 1. The lowest BCUT2D eigenvalue weighted by molar-refractivity contribution is 0.0758. The third-order valence-electron chi connectivity index (χ3n) is 4.48. The second-order valence-corrected chi connectivity index (χ2v) is 6.88. The fourth-order valence-corrected chi connectivity index (χ4v) is 3.82. The summed E-state index contributed by atoms with van der Waals surface area (Å²) in [5.74, 6) is 0.125. The number of nitrogens with zero attached hydrogens (tertiary/aromatic N) is 3. The first-order chi connectivity index (χ1) is 11.2. The molecule has 1 aliphatic heterocycles. The van der Waals surface area contributed by atoms with Crippen molar-refractivity contribution in [2.45, 2.75) is 25.8 Å². The molecular weight excluding hydrogens is 306 g/mol. The maximum atomic E-state index is 12.6. The van der Waals surface area contributed by atoms with E-state index in [4.69, 9.17) is 0 Å². The largest absolute Gasteiger partial charge is 0.337 e. The monoisotopic (exact) mass is 329 g/mol. The van der Waals surface area contributed by atoms with Crippen molar-refractivity contribution in [3.05, 3.63) is 52.5 Å². The third-order valence-corrected chi connectivity index (χ3v) is 5.21. The minimum atomic E-state index is 0.125. The molecule has 1 amide bonds. The molecule has 2 aromatic rings. The molecule has 3 heterocycles. The van der Waals surface area contributed by atoms with Crippen molar-refractivity contribution in [3.8, 4) is 0 Å². The van der Waals surface area contributed by atoms with E-state index in [-0.39, 0.29) is 5.91 Å². The molecule has 3 rings (SSSR count). The molecule has 1 fully saturated rings. The van der Waals surface area contributed by atoms with Crippen LogP contribution in [-0.2, 0) is 6.42 Å². The van der Waals surface area contributed by atoms with Crippen LogP contribution in [0.5, 0.6) is 0 Å². The lowest BCUT2D eigenvalue weighted by atomic mass is 10.1. The number of carbonyl (C=O) groups is 1. The van der Waals surface area contributed by atoms with Crippen molar-refractivity contribution in [1.29, 1.82) is 0 Å².